The first kappa shape index (κ1) is 18.3. The second-order valence-electron chi connectivity index (χ2n) is 6.60. The van der Waals surface area contributed by atoms with Crippen LogP contribution in [0.25, 0.3) is 22.3 Å². The Hall–Kier alpha value is -2.53. The fraction of sp³-hybridized carbons (Fsp3) is 0.238. The largest absolute Gasteiger partial charge is 0.494 e. The molecule has 3 aromatic rings. The van der Waals surface area contributed by atoms with Crippen LogP contribution in [0.5, 0.6) is 5.88 Å². The van der Waals surface area contributed by atoms with Crippen LogP contribution in [-0.4, -0.2) is 24.3 Å². The van der Waals surface area contributed by atoms with Crippen molar-refractivity contribution in [1.82, 2.24) is 4.57 Å². The van der Waals surface area contributed by atoms with Crippen LogP contribution in [-0.2, 0) is 16.4 Å². The molecule has 0 fully saturated rings. The van der Waals surface area contributed by atoms with E-state index in [1.807, 2.05) is 42.0 Å². The summed E-state index contributed by atoms with van der Waals surface area (Å²) in [5, 5.41) is 10.8. The summed E-state index contributed by atoms with van der Waals surface area (Å²) in [6, 6.07) is 14.8. The molecule has 26 heavy (non-hydrogen) atoms. The maximum Gasteiger partial charge on any atom is 0.199 e. The van der Waals surface area contributed by atoms with E-state index < -0.39 is 9.84 Å². The first-order valence-corrected chi connectivity index (χ1v) is 10.5. The van der Waals surface area contributed by atoms with Gasteiger partial charge in [0.1, 0.15) is 0 Å². The molecule has 2 aromatic carbocycles. The first-order chi connectivity index (χ1) is 12.3. The van der Waals surface area contributed by atoms with Crippen molar-refractivity contribution in [2.45, 2.75) is 31.7 Å². The minimum atomic E-state index is -3.23. The zero-order valence-electron chi connectivity index (χ0n) is 15.2. The van der Waals surface area contributed by atoms with E-state index in [-0.39, 0.29) is 10.8 Å². The molecule has 0 saturated carbocycles. The number of benzene rings is 2. The summed E-state index contributed by atoms with van der Waals surface area (Å²) in [4.78, 5) is 0.287. The quantitative estimate of drug-likeness (QED) is 0.712. The van der Waals surface area contributed by atoms with E-state index in [9.17, 15) is 13.5 Å². The van der Waals surface area contributed by atoms with Gasteiger partial charge in [0, 0.05) is 24.6 Å². The second kappa shape index (κ2) is 7.00. The highest BCUT2D eigenvalue weighted by atomic mass is 32.2. The highest BCUT2D eigenvalue weighted by Gasteiger charge is 2.18. The molecule has 0 aliphatic heterocycles. The van der Waals surface area contributed by atoms with E-state index in [2.05, 4.69) is 6.92 Å². The van der Waals surface area contributed by atoms with Crippen LogP contribution in [0, 0.1) is 6.92 Å². The van der Waals surface area contributed by atoms with Crippen LogP contribution in [0.4, 0.5) is 0 Å². The molecule has 1 aromatic heterocycles. The number of aryl methyl sites for hydroxylation is 2. The summed E-state index contributed by atoms with van der Waals surface area (Å²) < 4.78 is 25.2. The molecule has 0 amide bonds. The topological polar surface area (TPSA) is 59.3 Å². The number of rotatable bonds is 5. The highest BCUT2D eigenvalue weighted by Crippen LogP contribution is 2.41. The maximum absolute atomic E-state index is 11.7. The molecule has 0 unspecified atom stereocenters. The van der Waals surface area contributed by atoms with Gasteiger partial charge in [0.05, 0.1) is 10.5 Å². The van der Waals surface area contributed by atoms with Gasteiger partial charge in [0.2, 0.25) is 0 Å². The molecule has 0 aliphatic rings. The standard InChI is InChI=1S/C21H23NO3S/c1-4-13-22-14-19(16-9-11-18(12-10-16)26(3,24)25)20(21(22)23)17-7-5-15(2)6-8-17/h5-12,14,23H,4,13H2,1-3H3. The number of hydrogen-bond donors (Lipinski definition) is 1. The zero-order chi connectivity index (χ0) is 18.9. The van der Waals surface area contributed by atoms with Gasteiger partial charge in [-0.15, -0.1) is 0 Å². The second-order valence-corrected chi connectivity index (χ2v) is 8.61. The minimum Gasteiger partial charge on any atom is -0.494 e. The van der Waals surface area contributed by atoms with Gasteiger partial charge in [-0.05, 0) is 36.6 Å². The van der Waals surface area contributed by atoms with Crippen molar-refractivity contribution in [2.75, 3.05) is 6.26 Å². The van der Waals surface area contributed by atoms with Crippen LogP contribution in [0.15, 0.2) is 59.6 Å². The normalized spacial score (nSPS) is 11.7. The molecule has 1 N–H and O–H groups in total. The van der Waals surface area contributed by atoms with Crippen molar-refractivity contribution in [3.8, 4) is 28.1 Å². The molecular formula is C21H23NO3S. The molecular weight excluding hydrogens is 346 g/mol. The molecule has 136 valence electrons. The molecule has 0 radical (unpaired) electrons. The van der Waals surface area contributed by atoms with Gasteiger partial charge in [0.25, 0.3) is 0 Å². The van der Waals surface area contributed by atoms with Gasteiger partial charge >= 0.3 is 0 Å². The number of nitrogens with zero attached hydrogens (tertiary/aromatic N) is 1. The van der Waals surface area contributed by atoms with Crippen LogP contribution in [0.2, 0.25) is 0 Å². The molecule has 1 heterocycles. The fourth-order valence-corrected chi connectivity index (χ4v) is 3.69. The van der Waals surface area contributed by atoms with E-state index in [1.54, 1.807) is 24.3 Å². The molecule has 0 bridgehead atoms. The van der Waals surface area contributed by atoms with Crippen molar-refractivity contribution in [1.29, 1.82) is 0 Å². The van der Waals surface area contributed by atoms with Crippen molar-refractivity contribution in [2.24, 2.45) is 0 Å². The summed E-state index contributed by atoms with van der Waals surface area (Å²) in [6.07, 6.45) is 4.04. The molecule has 3 rings (SSSR count). The average Bonchev–Trinajstić information content (AvgIpc) is 2.92. The van der Waals surface area contributed by atoms with Crippen LogP contribution >= 0.6 is 0 Å². The maximum atomic E-state index is 11.7. The summed E-state index contributed by atoms with van der Waals surface area (Å²) in [5.41, 5.74) is 4.62. The lowest BCUT2D eigenvalue weighted by molar-refractivity contribution is 0.417. The number of hydrogen-bond acceptors (Lipinski definition) is 3. The number of sulfone groups is 1. The lowest BCUT2D eigenvalue weighted by Gasteiger charge is -2.07. The molecule has 0 saturated heterocycles. The third-order valence-corrected chi connectivity index (χ3v) is 5.58. The first-order valence-electron chi connectivity index (χ1n) is 8.61. The SMILES string of the molecule is CCCn1cc(-c2ccc(S(C)(=O)=O)cc2)c(-c2ccc(C)cc2)c1O. The van der Waals surface area contributed by atoms with Crippen molar-refractivity contribution < 1.29 is 13.5 Å². The molecule has 0 aliphatic carbocycles. The van der Waals surface area contributed by atoms with Gasteiger partial charge in [0.15, 0.2) is 15.7 Å². The Kier molecular flexibility index (Phi) is 4.92. The van der Waals surface area contributed by atoms with Crippen LogP contribution < -0.4 is 0 Å². The third-order valence-electron chi connectivity index (χ3n) is 4.45. The Balaban J connectivity index is 2.17. The summed E-state index contributed by atoms with van der Waals surface area (Å²) in [5.74, 6) is 0.234. The van der Waals surface area contributed by atoms with Crippen LogP contribution in [0.1, 0.15) is 18.9 Å². The van der Waals surface area contributed by atoms with Gasteiger partial charge in [-0.25, -0.2) is 8.42 Å². The average molecular weight is 369 g/mol. The third kappa shape index (κ3) is 3.53. The minimum absolute atomic E-state index is 0.234. The molecule has 0 atom stereocenters. The molecule has 0 spiro atoms. The summed E-state index contributed by atoms with van der Waals surface area (Å²) in [7, 11) is -3.23. The number of aromatic hydroxyl groups is 1. The summed E-state index contributed by atoms with van der Waals surface area (Å²) in [6.45, 7) is 4.80. The van der Waals surface area contributed by atoms with Gasteiger partial charge < -0.3 is 9.67 Å². The monoisotopic (exact) mass is 369 g/mol. The summed E-state index contributed by atoms with van der Waals surface area (Å²) >= 11 is 0. The number of aromatic nitrogens is 1. The Morgan fingerprint density at radius 3 is 2.08 bits per heavy atom. The molecule has 4 nitrogen and oxygen atoms in total. The van der Waals surface area contributed by atoms with E-state index in [1.165, 1.54) is 6.26 Å². The smallest absolute Gasteiger partial charge is 0.199 e. The van der Waals surface area contributed by atoms with E-state index in [0.717, 1.165) is 34.2 Å². The Bertz CT molecular complexity index is 1010. The zero-order valence-corrected chi connectivity index (χ0v) is 16.0. The lowest BCUT2D eigenvalue weighted by atomic mass is 9.98. The lowest BCUT2D eigenvalue weighted by Crippen LogP contribution is -1.96. The fourth-order valence-electron chi connectivity index (χ4n) is 3.06. The highest BCUT2D eigenvalue weighted by molar-refractivity contribution is 7.90. The van der Waals surface area contributed by atoms with E-state index in [0.29, 0.717) is 6.54 Å². The van der Waals surface area contributed by atoms with Gasteiger partial charge in [-0.3, -0.25) is 0 Å². The Morgan fingerprint density at radius 1 is 0.962 bits per heavy atom. The van der Waals surface area contributed by atoms with Crippen molar-refractivity contribution in [3.05, 3.63) is 60.3 Å². The molecule has 5 heteroatoms. The Labute approximate surface area is 154 Å². The van der Waals surface area contributed by atoms with Crippen molar-refractivity contribution >= 4 is 9.84 Å². The Morgan fingerprint density at radius 2 is 1.54 bits per heavy atom. The predicted molar refractivity (Wildman–Crippen MR) is 105 cm³/mol. The van der Waals surface area contributed by atoms with Gasteiger partial charge in [-0.2, -0.15) is 0 Å². The van der Waals surface area contributed by atoms with E-state index >= 15 is 0 Å². The van der Waals surface area contributed by atoms with Crippen molar-refractivity contribution in [3.63, 3.8) is 0 Å². The van der Waals surface area contributed by atoms with E-state index in [4.69, 9.17) is 0 Å². The van der Waals surface area contributed by atoms with Gasteiger partial charge in [-0.1, -0.05) is 48.9 Å². The predicted octanol–water partition coefficient (Wildman–Crippen LogP) is 4.65. The van der Waals surface area contributed by atoms with Crippen LogP contribution in [0.3, 0.4) is 0 Å².